The van der Waals surface area contributed by atoms with Gasteiger partial charge in [-0.25, -0.2) is 0 Å². The summed E-state index contributed by atoms with van der Waals surface area (Å²) in [7, 11) is 0. The number of nitrogens with zero attached hydrogens (tertiary/aromatic N) is 2. The van der Waals surface area contributed by atoms with Crippen LogP contribution in [0.5, 0.6) is 0 Å². The molecular weight excluding hydrogens is 224 g/mol. The zero-order valence-electron chi connectivity index (χ0n) is 9.11. The molecule has 1 aromatic carbocycles. The fourth-order valence-electron chi connectivity index (χ4n) is 1.75. The number of benzene rings is 1. The maximum absolute atomic E-state index is 12.1. The van der Waals surface area contributed by atoms with Crippen LogP contribution in [0.3, 0.4) is 0 Å². The third kappa shape index (κ3) is 2.42. The molecule has 0 aromatic heterocycles. The Morgan fingerprint density at radius 2 is 2.12 bits per heavy atom. The lowest BCUT2D eigenvalue weighted by atomic mass is 10.2. The quantitative estimate of drug-likeness (QED) is 0.561. The largest absolute Gasteiger partial charge is 0.370 e. The molecule has 6 heteroatoms. The Labute approximate surface area is 97.9 Å². The molecule has 0 N–H and O–H groups in total. The topological polar surface area (TPSA) is 72.7 Å². The van der Waals surface area contributed by atoms with Crippen molar-refractivity contribution >= 4 is 5.91 Å². The van der Waals surface area contributed by atoms with Crippen molar-refractivity contribution in [2.45, 2.75) is 6.17 Å². The minimum Gasteiger partial charge on any atom is -0.370 e. The molecule has 1 aliphatic heterocycles. The number of nitro groups is 1. The first-order chi connectivity index (χ1) is 8.20. The van der Waals surface area contributed by atoms with Gasteiger partial charge >= 0.3 is 6.17 Å². The Morgan fingerprint density at radius 3 is 2.76 bits per heavy atom. The van der Waals surface area contributed by atoms with Crippen LogP contribution < -0.4 is 0 Å². The Morgan fingerprint density at radius 1 is 1.41 bits per heavy atom. The maximum atomic E-state index is 12.1. The van der Waals surface area contributed by atoms with Crippen molar-refractivity contribution in [1.82, 2.24) is 4.90 Å². The molecule has 1 aromatic rings. The van der Waals surface area contributed by atoms with Gasteiger partial charge in [0.25, 0.3) is 5.91 Å². The molecule has 1 aliphatic rings. The lowest BCUT2D eigenvalue weighted by molar-refractivity contribution is -0.554. The van der Waals surface area contributed by atoms with Gasteiger partial charge in [-0.3, -0.25) is 19.8 Å². The fraction of sp³-hybridized carbons (Fsp3) is 0.364. The number of amides is 1. The first kappa shape index (κ1) is 11.5. The molecule has 2 rings (SSSR count). The molecule has 1 heterocycles. The van der Waals surface area contributed by atoms with E-state index in [0.717, 1.165) is 0 Å². The second-order valence-corrected chi connectivity index (χ2v) is 3.71. The number of carbonyl (C=O) groups excluding carboxylic acids is 1. The monoisotopic (exact) mass is 236 g/mol. The Kier molecular flexibility index (Phi) is 3.34. The van der Waals surface area contributed by atoms with Crippen LogP contribution >= 0.6 is 0 Å². The molecule has 17 heavy (non-hydrogen) atoms. The van der Waals surface area contributed by atoms with E-state index in [1.54, 1.807) is 30.3 Å². The van der Waals surface area contributed by atoms with Crippen molar-refractivity contribution in [1.29, 1.82) is 0 Å². The molecule has 1 atom stereocenters. The number of hydrogen-bond acceptors (Lipinski definition) is 4. The zero-order chi connectivity index (χ0) is 12.3. The molecule has 1 fully saturated rings. The molecule has 0 bridgehead atoms. The van der Waals surface area contributed by atoms with Crippen LogP contribution in [0.2, 0.25) is 0 Å². The summed E-state index contributed by atoms with van der Waals surface area (Å²) in [4.78, 5) is 23.7. The minimum atomic E-state index is -1.09. The molecule has 0 aliphatic carbocycles. The number of hydrogen-bond donors (Lipinski definition) is 0. The summed E-state index contributed by atoms with van der Waals surface area (Å²) in [6.07, 6.45) is -1.09. The summed E-state index contributed by atoms with van der Waals surface area (Å²) in [5, 5.41) is 10.8. The van der Waals surface area contributed by atoms with Crippen LogP contribution in [0, 0.1) is 10.1 Å². The SMILES string of the molecule is O=C(c1ccccc1)N1CCOCC1[N+](=O)[O-]. The summed E-state index contributed by atoms with van der Waals surface area (Å²) in [5.74, 6) is -0.324. The zero-order valence-corrected chi connectivity index (χ0v) is 9.11. The average Bonchev–Trinajstić information content (AvgIpc) is 2.39. The van der Waals surface area contributed by atoms with Gasteiger partial charge in [0.2, 0.25) is 0 Å². The predicted octanol–water partition coefficient (Wildman–Crippen LogP) is 0.762. The van der Waals surface area contributed by atoms with Crippen molar-refractivity contribution in [2.24, 2.45) is 0 Å². The highest BCUT2D eigenvalue weighted by Gasteiger charge is 2.35. The van der Waals surface area contributed by atoms with E-state index < -0.39 is 11.1 Å². The number of morpholine rings is 1. The van der Waals surface area contributed by atoms with E-state index in [2.05, 4.69) is 0 Å². The lowest BCUT2D eigenvalue weighted by Gasteiger charge is -2.29. The van der Waals surface area contributed by atoms with Crippen molar-refractivity contribution < 1.29 is 14.5 Å². The number of carbonyl (C=O) groups is 1. The van der Waals surface area contributed by atoms with Crippen LogP contribution in [-0.4, -0.2) is 41.7 Å². The Hall–Kier alpha value is -1.95. The summed E-state index contributed by atoms with van der Waals surface area (Å²) in [6.45, 7) is 0.536. The van der Waals surface area contributed by atoms with Crippen LogP contribution in [0.4, 0.5) is 0 Å². The third-order valence-electron chi connectivity index (χ3n) is 2.63. The standard InChI is InChI=1S/C11H12N2O4/c14-11(9-4-2-1-3-5-9)12-6-7-17-8-10(12)13(15)16/h1-5,10H,6-8H2. The Bertz CT molecular complexity index is 421. The van der Waals surface area contributed by atoms with Gasteiger partial charge in [0.05, 0.1) is 13.2 Å². The lowest BCUT2D eigenvalue weighted by Crippen LogP contribution is -2.52. The van der Waals surface area contributed by atoms with Gasteiger partial charge < -0.3 is 4.74 Å². The molecule has 0 radical (unpaired) electrons. The highest BCUT2D eigenvalue weighted by molar-refractivity contribution is 5.94. The van der Waals surface area contributed by atoms with Crippen LogP contribution in [0.1, 0.15) is 10.4 Å². The van der Waals surface area contributed by atoms with Crippen LogP contribution in [0.25, 0.3) is 0 Å². The van der Waals surface area contributed by atoms with E-state index in [1.807, 2.05) is 0 Å². The van der Waals surface area contributed by atoms with Crippen molar-refractivity contribution in [3.05, 3.63) is 46.0 Å². The molecule has 90 valence electrons. The minimum absolute atomic E-state index is 0.0500. The average molecular weight is 236 g/mol. The first-order valence-corrected chi connectivity index (χ1v) is 5.27. The van der Waals surface area contributed by atoms with E-state index >= 15 is 0 Å². The van der Waals surface area contributed by atoms with Crippen LogP contribution in [0.15, 0.2) is 30.3 Å². The highest BCUT2D eigenvalue weighted by atomic mass is 16.6. The summed E-state index contributed by atoms with van der Waals surface area (Å²) in [5.41, 5.74) is 0.459. The number of ether oxygens (including phenoxy) is 1. The normalized spacial score (nSPS) is 20.0. The van der Waals surface area contributed by atoms with Gasteiger partial charge in [-0.1, -0.05) is 18.2 Å². The molecule has 0 saturated carbocycles. The first-order valence-electron chi connectivity index (χ1n) is 5.27. The summed E-state index contributed by atoms with van der Waals surface area (Å²) < 4.78 is 5.02. The fourth-order valence-corrected chi connectivity index (χ4v) is 1.75. The second-order valence-electron chi connectivity index (χ2n) is 3.71. The van der Waals surface area contributed by atoms with Crippen molar-refractivity contribution in [2.75, 3.05) is 19.8 Å². The Balaban J connectivity index is 2.20. The predicted molar refractivity (Wildman–Crippen MR) is 59.1 cm³/mol. The smallest absolute Gasteiger partial charge is 0.312 e. The van der Waals surface area contributed by atoms with Gasteiger partial charge in [-0.15, -0.1) is 0 Å². The van der Waals surface area contributed by atoms with E-state index in [0.29, 0.717) is 12.2 Å². The molecule has 1 unspecified atom stereocenters. The van der Waals surface area contributed by atoms with Gasteiger partial charge in [0, 0.05) is 10.5 Å². The van der Waals surface area contributed by atoms with E-state index in [-0.39, 0.29) is 19.1 Å². The summed E-state index contributed by atoms with van der Waals surface area (Å²) >= 11 is 0. The van der Waals surface area contributed by atoms with Gasteiger partial charge in [-0.05, 0) is 12.1 Å². The molecule has 1 amide bonds. The second kappa shape index (κ2) is 4.92. The highest BCUT2D eigenvalue weighted by Crippen LogP contribution is 2.12. The molecule has 6 nitrogen and oxygen atoms in total. The third-order valence-corrected chi connectivity index (χ3v) is 2.63. The number of rotatable bonds is 2. The molecule has 1 saturated heterocycles. The van der Waals surface area contributed by atoms with Gasteiger partial charge in [-0.2, -0.15) is 0 Å². The summed E-state index contributed by atoms with van der Waals surface area (Å²) in [6, 6.07) is 8.55. The van der Waals surface area contributed by atoms with Crippen molar-refractivity contribution in [3.8, 4) is 0 Å². The maximum Gasteiger partial charge on any atom is 0.312 e. The van der Waals surface area contributed by atoms with E-state index in [9.17, 15) is 14.9 Å². The van der Waals surface area contributed by atoms with E-state index in [1.165, 1.54) is 4.90 Å². The molecule has 0 spiro atoms. The molecular formula is C11H12N2O4. The van der Waals surface area contributed by atoms with Crippen molar-refractivity contribution in [3.63, 3.8) is 0 Å². The van der Waals surface area contributed by atoms with Gasteiger partial charge in [0.15, 0.2) is 0 Å². The van der Waals surface area contributed by atoms with E-state index in [4.69, 9.17) is 4.74 Å². The van der Waals surface area contributed by atoms with Gasteiger partial charge in [0.1, 0.15) is 6.61 Å². The van der Waals surface area contributed by atoms with Crippen LogP contribution in [-0.2, 0) is 4.74 Å².